The lowest BCUT2D eigenvalue weighted by molar-refractivity contribution is -0.173. The second-order valence-corrected chi connectivity index (χ2v) is 10.5. The normalized spacial score (nSPS) is 33.3. The Labute approximate surface area is 180 Å². The summed E-state index contributed by atoms with van der Waals surface area (Å²) in [4.78, 5) is 12.8. The summed E-state index contributed by atoms with van der Waals surface area (Å²) >= 11 is 5.26. The number of rotatable bonds is 3. The molecule has 4 N–H and O–H groups in total. The largest absolute Gasteiger partial charge is 0.390 e. The number of para-hydroxylation sites is 1. The van der Waals surface area contributed by atoms with Gasteiger partial charge in [0.1, 0.15) is 0 Å². The quantitative estimate of drug-likeness (QED) is 0.434. The molecular weight excluding hydrogens is 382 g/mol. The highest BCUT2D eigenvalue weighted by Gasteiger charge is 2.58. The minimum atomic E-state index is -0.835. The molecule has 0 radical (unpaired) electrons. The van der Waals surface area contributed by atoms with Gasteiger partial charge in [-0.1, -0.05) is 45.4 Å². The molecule has 3 rings (SSSR count). The Balaban J connectivity index is 1.63. The molecule has 0 heterocycles. The highest BCUT2D eigenvalue weighted by atomic mass is 32.1. The monoisotopic (exact) mass is 417 g/mol. The first-order valence-electron chi connectivity index (χ1n) is 10.7. The van der Waals surface area contributed by atoms with E-state index in [0.29, 0.717) is 11.0 Å². The van der Waals surface area contributed by atoms with Gasteiger partial charge in [-0.05, 0) is 73.7 Å². The molecule has 1 aromatic rings. The van der Waals surface area contributed by atoms with Crippen LogP contribution in [0.5, 0.6) is 0 Å². The highest BCUT2D eigenvalue weighted by Crippen LogP contribution is 2.62. The van der Waals surface area contributed by atoms with Crippen molar-refractivity contribution in [3.63, 3.8) is 0 Å². The van der Waals surface area contributed by atoms with E-state index in [9.17, 15) is 9.90 Å². The average Bonchev–Trinajstić information content (AvgIpc) is 2.63. The molecule has 0 saturated heterocycles. The Morgan fingerprint density at radius 1 is 1.10 bits per heavy atom. The summed E-state index contributed by atoms with van der Waals surface area (Å²) in [5, 5.41) is 14.6. The van der Waals surface area contributed by atoms with E-state index >= 15 is 0 Å². The number of hydrogen-bond acceptors (Lipinski definition) is 3. The number of aliphatic hydroxyl groups is 1. The van der Waals surface area contributed by atoms with E-state index in [1.807, 2.05) is 37.3 Å². The molecule has 0 aliphatic heterocycles. The minimum Gasteiger partial charge on any atom is -0.390 e. The molecule has 6 heteroatoms. The number of thiocarbonyl (C=S) groups is 1. The van der Waals surface area contributed by atoms with E-state index in [0.717, 1.165) is 31.4 Å². The molecule has 1 amide bonds. The molecule has 0 aromatic heterocycles. The minimum absolute atomic E-state index is 0.0381. The van der Waals surface area contributed by atoms with Crippen LogP contribution in [0.15, 0.2) is 30.3 Å². The van der Waals surface area contributed by atoms with Gasteiger partial charge in [0.2, 0.25) is 5.91 Å². The van der Waals surface area contributed by atoms with Gasteiger partial charge in [0.15, 0.2) is 5.11 Å². The summed E-state index contributed by atoms with van der Waals surface area (Å²) in [5.74, 6) is 0.305. The van der Waals surface area contributed by atoms with E-state index in [1.54, 1.807) is 0 Å². The Morgan fingerprint density at radius 2 is 1.79 bits per heavy atom. The number of carbonyl (C=O) groups excluding carboxylic acids is 1. The van der Waals surface area contributed by atoms with E-state index in [-0.39, 0.29) is 29.1 Å². The maximum Gasteiger partial charge on any atom is 0.238 e. The number of benzene rings is 1. The number of anilines is 1. The van der Waals surface area contributed by atoms with Gasteiger partial charge >= 0.3 is 0 Å². The van der Waals surface area contributed by atoms with E-state index < -0.39 is 5.60 Å². The van der Waals surface area contributed by atoms with E-state index in [4.69, 9.17) is 12.2 Å². The van der Waals surface area contributed by atoms with Crippen LogP contribution in [0.1, 0.15) is 66.2 Å². The summed E-state index contributed by atoms with van der Waals surface area (Å²) in [5.41, 5.74) is 5.74. The van der Waals surface area contributed by atoms with E-state index in [1.165, 1.54) is 6.42 Å². The number of hydrazine groups is 1. The van der Waals surface area contributed by atoms with Crippen LogP contribution in [-0.2, 0) is 4.79 Å². The maximum absolute atomic E-state index is 12.8. The van der Waals surface area contributed by atoms with Crippen molar-refractivity contribution in [3.05, 3.63) is 30.3 Å². The van der Waals surface area contributed by atoms with Crippen molar-refractivity contribution in [2.75, 3.05) is 5.32 Å². The van der Waals surface area contributed by atoms with Crippen LogP contribution in [0.25, 0.3) is 0 Å². The fourth-order valence-electron chi connectivity index (χ4n) is 6.12. The molecule has 29 heavy (non-hydrogen) atoms. The van der Waals surface area contributed by atoms with Gasteiger partial charge in [-0.2, -0.15) is 0 Å². The van der Waals surface area contributed by atoms with Gasteiger partial charge in [0, 0.05) is 18.0 Å². The highest BCUT2D eigenvalue weighted by molar-refractivity contribution is 7.80. The van der Waals surface area contributed by atoms with Gasteiger partial charge in [-0.25, -0.2) is 0 Å². The summed E-state index contributed by atoms with van der Waals surface area (Å²) in [6.07, 6.45) is 5.49. The van der Waals surface area contributed by atoms with Gasteiger partial charge in [-0.15, -0.1) is 0 Å². The number of hydrogen-bond donors (Lipinski definition) is 4. The number of amides is 1. The standard InChI is InChI=1S/C23H35N3O2S/c1-21(2)12-8-13-22(3)17(21)11-14-23(4,28)18(22)15-19(27)25-26-20(29)24-16-9-6-5-7-10-16/h5-7,9-10,17-18,28H,8,11-15H2,1-4H3,(H,25,27)(H2,24,26,29)/t17-,18+,22-,23+/m0/s1. The van der Waals surface area contributed by atoms with Crippen molar-refractivity contribution < 1.29 is 9.90 Å². The predicted octanol–water partition coefficient (Wildman–Crippen LogP) is 4.39. The van der Waals surface area contributed by atoms with Crippen LogP contribution in [0.2, 0.25) is 0 Å². The van der Waals surface area contributed by atoms with Gasteiger partial charge in [-0.3, -0.25) is 15.6 Å². The predicted molar refractivity (Wildman–Crippen MR) is 121 cm³/mol. The maximum atomic E-state index is 12.8. The third-order valence-electron chi connectivity index (χ3n) is 7.50. The van der Waals surface area contributed by atoms with Gasteiger partial charge < -0.3 is 10.4 Å². The zero-order valence-corrected chi connectivity index (χ0v) is 18.9. The van der Waals surface area contributed by atoms with Crippen molar-refractivity contribution >= 4 is 28.9 Å². The summed E-state index contributed by atoms with van der Waals surface area (Å²) in [6.45, 7) is 8.89. The number of fused-ring (bicyclic) bond motifs is 1. The molecule has 2 aliphatic rings. The van der Waals surface area contributed by atoms with Gasteiger partial charge in [0.25, 0.3) is 0 Å². The van der Waals surface area contributed by atoms with E-state index in [2.05, 4.69) is 36.9 Å². The third-order valence-corrected chi connectivity index (χ3v) is 7.70. The van der Waals surface area contributed by atoms with Crippen molar-refractivity contribution in [3.8, 4) is 0 Å². The summed E-state index contributed by atoms with van der Waals surface area (Å²) in [6, 6.07) is 9.57. The number of nitrogens with one attached hydrogen (secondary N) is 3. The molecule has 160 valence electrons. The molecule has 2 aliphatic carbocycles. The molecule has 1 aromatic carbocycles. The zero-order chi connectivity index (χ0) is 21.3. The van der Waals surface area contributed by atoms with Crippen LogP contribution < -0.4 is 16.2 Å². The SMILES string of the molecule is CC1(C)CCC[C@]2(C)[C@@H](CC(=O)NNC(=S)Nc3ccccc3)[C@](C)(O)CC[C@@H]12. The van der Waals surface area contributed by atoms with Crippen LogP contribution >= 0.6 is 12.2 Å². The Morgan fingerprint density at radius 3 is 2.48 bits per heavy atom. The van der Waals surface area contributed by atoms with Crippen LogP contribution in [0, 0.1) is 22.7 Å². The average molecular weight is 418 g/mol. The second kappa shape index (κ2) is 8.23. The van der Waals surface area contributed by atoms with Crippen LogP contribution in [0.3, 0.4) is 0 Å². The lowest BCUT2D eigenvalue weighted by Crippen LogP contribution is -2.59. The van der Waals surface area contributed by atoms with Crippen molar-refractivity contribution in [2.45, 2.75) is 71.8 Å². The molecule has 0 unspecified atom stereocenters. The van der Waals surface area contributed by atoms with Crippen LogP contribution in [-0.4, -0.2) is 21.7 Å². The van der Waals surface area contributed by atoms with Crippen molar-refractivity contribution in [1.29, 1.82) is 0 Å². The van der Waals surface area contributed by atoms with Crippen molar-refractivity contribution in [1.82, 2.24) is 10.9 Å². The topological polar surface area (TPSA) is 73.4 Å². The molecule has 2 fully saturated rings. The smallest absolute Gasteiger partial charge is 0.238 e. The first kappa shape index (κ1) is 22.0. The summed E-state index contributed by atoms with van der Waals surface area (Å²) in [7, 11) is 0. The van der Waals surface area contributed by atoms with Crippen molar-refractivity contribution in [2.24, 2.45) is 22.7 Å². The third kappa shape index (κ3) is 4.75. The summed E-state index contributed by atoms with van der Waals surface area (Å²) < 4.78 is 0. The fraction of sp³-hybridized carbons (Fsp3) is 0.652. The molecule has 4 atom stereocenters. The molecule has 2 saturated carbocycles. The zero-order valence-electron chi connectivity index (χ0n) is 18.0. The number of carbonyl (C=O) groups is 1. The second-order valence-electron chi connectivity index (χ2n) is 10.0. The Kier molecular flexibility index (Phi) is 6.25. The lowest BCUT2D eigenvalue weighted by atomic mass is 9.45. The first-order valence-corrected chi connectivity index (χ1v) is 11.1. The van der Waals surface area contributed by atoms with Gasteiger partial charge in [0.05, 0.1) is 5.60 Å². The fourth-order valence-corrected chi connectivity index (χ4v) is 6.29. The Hall–Kier alpha value is -1.66. The lowest BCUT2D eigenvalue weighted by Gasteiger charge is -2.61. The molecule has 0 spiro atoms. The Bertz CT molecular complexity index is 750. The molecular formula is C23H35N3O2S. The molecule has 5 nitrogen and oxygen atoms in total. The van der Waals surface area contributed by atoms with Crippen LogP contribution in [0.4, 0.5) is 5.69 Å². The first-order chi connectivity index (χ1) is 13.5. The molecule has 0 bridgehead atoms.